The monoisotopic (exact) mass is 262 g/mol. The number of nitrogens with zero attached hydrogens (tertiary/aromatic N) is 1. The molecule has 5 heteroatoms. The second-order valence-corrected chi connectivity index (χ2v) is 3.61. The molecule has 1 unspecified atom stereocenters. The standard InChI is InChI=1S/C14H18N2O3/c1-3-18-13(12(10-15)14(17)19-4-2)16-11-8-6-5-7-9-11/h5-10,12,15H,3-4H2,1-2H3. The molecule has 5 nitrogen and oxygen atoms in total. The molecule has 0 aliphatic carbocycles. The molecule has 0 aromatic heterocycles. The Labute approximate surface area is 112 Å². The summed E-state index contributed by atoms with van der Waals surface area (Å²) in [6.07, 6.45) is 0.982. The number of hydrogen-bond acceptors (Lipinski definition) is 5. The molecule has 0 aliphatic rings. The molecule has 1 atom stereocenters. The van der Waals surface area contributed by atoms with Gasteiger partial charge in [-0.25, -0.2) is 4.99 Å². The third-order valence-electron chi connectivity index (χ3n) is 2.26. The van der Waals surface area contributed by atoms with E-state index in [2.05, 4.69) is 4.99 Å². The largest absolute Gasteiger partial charge is 0.480 e. The van der Waals surface area contributed by atoms with Gasteiger partial charge < -0.3 is 14.9 Å². The van der Waals surface area contributed by atoms with Crippen LogP contribution < -0.4 is 0 Å². The molecule has 0 radical (unpaired) electrons. The lowest BCUT2D eigenvalue weighted by atomic mass is 10.1. The summed E-state index contributed by atoms with van der Waals surface area (Å²) in [4.78, 5) is 16.0. The minimum atomic E-state index is -0.903. The molecule has 1 N–H and O–H groups in total. The van der Waals surface area contributed by atoms with Gasteiger partial charge in [0.25, 0.3) is 0 Å². The van der Waals surface area contributed by atoms with E-state index in [0.29, 0.717) is 12.3 Å². The maximum Gasteiger partial charge on any atom is 0.323 e. The molecule has 0 heterocycles. The molecule has 0 bridgehead atoms. The normalized spacial score (nSPS) is 12.6. The predicted molar refractivity (Wildman–Crippen MR) is 74.1 cm³/mol. The van der Waals surface area contributed by atoms with E-state index in [4.69, 9.17) is 14.9 Å². The number of aliphatic imine (C=N–C) groups is 1. The van der Waals surface area contributed by atoms with Crippen molar-refractivity contribution in [3.8, 4) is 0 Å². The number of benzene rings is 1. The summed E-state index contributed by atoms with van der Waals surface area (Å²) >= 11 is 0. The third-order valence-corrected chi connectivity index (χ3v) is 2.26. The smallest absolute Gasteiger partial charge is 0.323 e. The Morgan fingerprint density at radius 3 is 2.42 bits per heavy atom. The average molecular weight is 262 g/mol. The Balaban J connectivity index is 3.00. The molecular weight excluding hydrogens is 244 g/mol. The molecule has 102 valence electrons. The van der Waals surface area contributed by atoms with Crippen molar-refractivity contribution >= 4 is 23.8 Å². The first kappa shape index (κ1) is 14.9. The quantitative estimate of drug-likeness (QED) is 0.486. The van der Waals surface area contributed by atoms with Gasteiger partial charge >= 0.3 is 5.97 Å². The fourth-order valence-electron chi connectivity index (χ4n) is 1.44. The van der Waals surface area contributed by atoms with Gasteiger partial charge in [-0.2, -0.15) is 0 Å². The molecule has 0 aliphatic heterocycles. The van der Waals surface area contributed by atoms with Crippen molar-refractivity contribution < 1.29 is 14.3 Å². The van der Waals surface area contributed by atoms with Crippen molar-refractivity contribution in [1.82, 2.24) is 0 Å². The third kappa shape index (κ3) is 4.54. The van der Waals surface area contributed by atoms with Gasteiger partial charge in [-0.05, 0) is 26.0 Å². The summed E-state index contributed by atoms with van der Waals surface area (Å²) < 4.78 is 10.3. The fourth-order valence-corrected chi connectivity index (χ4v) is 1.44. The second-order valence-electron chi connectivity index (χ2n) is 3.61. The van der Waals surface area contributed by atoms with Gasteiger partial charge in [0.05, 0.1) is 18.9 Å². The van der Waals surface area contributed by atoms with Gasteiger partial charge in [-0.3, -0.25) is 4.79 Å². The fraction of sp³-hybridized carbons (Fsp3) is 0.357. The summed E-state index contributed by atoms with van der Waals surface area (Å²) in [7, 11) is 0. The highest BCUT2D eigenvalue weighted by Gasteiger charge is 2.25. The topological polar surface area (TPSA) is 71.7 Å². The van der Waals surface area contributed by atoms with Gasteiger partial charge in [0.2, 0.25) is 5.90 Å². The maximum atomic E-state index is 11.7. The molecular formula is C14H18N2O3. The lowest BCUT2D eigenvalue weighted by Crippen LogP contribution is -2.29. The first-order valence-electron chi connectivity index (χ1n) is 6.16. The van der Waals surface area contributed by atoms with Crippen molar-refractivity contribution in [2.45, 2.75) is 13.8 Å². The second kappa shape index (κ2) is 8.02. The van der Waals surface area contributed by atoms with E-state index in [1.54, 1.807) is 26.0 Å². The van der Waals surface area contributed by atoms with Crippen molar-refractivity contribution in [3.05, 3.63) is 30.3 Å². The number of nitrogens with one attached hydrogen (secondary N) is 1. The van der Waals surface area contributed by atoms with Crippen LogP contribution in [0.4, 0.5) is 5.69 Å². The Kier molecular flexibility index (Phi) is 6.29. The van der Waals surface area contributed by atoms with Crippen molar-refractivity contribution in [2.75, 3.05) is 13.2 Å². The van der Waals surface area contributed by atoms with E-state index >= 15 is 0 Å². The van der Waals surface area contributed by atoms with E-state index < -0.39 is 11.9 Å². The highest BCUT2D eigenvalue weighted by molar-refractivity contribution is 6.11. The van der Waals surface area contributed by atoms with Crippen LogP contribution in [0.5, 0.6) is 0 Å². The van der Waals surface area contributed by atoms with Crippen LogP contribution in [0.25, 0.3) is 0 Å². The minimum Gasteiger partial charge on any atom is -0.480 e. The van der Waals surface area contributed by atoms with Gasteiger partial charge in [0, 0.05) is 6.21 Å². The molecule has 0 spiro atoms. The zero-order valence-corrected chi connectivity index (χ0v) is 11.1. The van der Waals surface area contributed by atoms with Crippen LogP contribution >= 0.6 is 0 Å². The maximum absolute atomic E-state index is 11.7. The minimum absolute atomic E-state index is 0.183. The summed E-state index contributed by atoms with van der Waals surface area (Å²) in [5.74, 6) is -1.25. The Bertz CT molecular complexity index is 443. The number of rotatable bonds is 6. The van der Waals surface area contributed by atoms with E-state index in [-0.39, 0.29) is 12.5 Å². The molecule has 19 heavy (non-hydrogen) atoms. The SMILES string of the molecule is CCOC(=O)C(C=N)C(=Nc1ccccc1)OCC. The summed E-state index contributed by atoms with van der Waals surface area (Å²) in [5.41, 5.74) is 0.669. The number of hydrogen-bond donors (Lipinski definition) is 1. The summed E-state index contributed by atoms with van der Waals surface area (Å²) in [5, 5.41) is 7.36. The lowest BCUT2D eigenvalue weighted by Gasteiger charge is -2.14. The summed E-state index contributed by atoms with van der Waals surface area (Å²) in [6, 6.07) is 9.15. The number of esters is 1. The molecule has 0 amide bonds. The van der Waals surface area contributed by atoms with Crippen molar-refractivity contribution in [3.63, 3.8) is 0 Å². The zero-order chi connectivity index (χ0) is 14.1. The van der Waals surface area contributed by atoms with Crippen molar-refractivity contribution in [2.24, 2.45) is 10.9 Å². The molecule has 1 aromatic rings. The van der Waals surface area contributed by atoms with Crippen LogP contribution in [-0.2, 0) is 14.3 Å². The summed E-state index contributed by atoms with van der Waals surface area (Å²) in [6.45, 7) is 4.14. The van der Waals surface area contributed by atoms with E-state index in [1.165, 1.54) is 0 Å². The molecule has 0 saturated carbocycles. The molecule has 1 aromatic carbocycles. The predicted octanol–water partition coefficient (Wildman–Crippen LogP) is 2.58. The first-order chi connectivity index (χ1) is 9.22. The molecule has 0 saturated heterocycles. The first-order valence-corrected chi connectivity index (χ1v) is 6.16. The van der Waals surface area contributed by atoms with E-state index in [9.17, 15) is 4.79 Å². The Morgan fingerprint density at radius 1 is 1.26 bits per heavy atom. The highest BCUT2D eigenvalue weighted by atomic mass is 16.5. The van der Waals surface area contributed by atoms with Crippen LogP contribution in [0.15, 0.2) is 35.3 Å². The van der Waals surface area contributed by atoms with Gasteiger partial charge in [-0.1, -0.05) is 18.2 Å². The zero-order valence-electron chi connectivity index (χ0n) is 11.1. The van der Waals surface area contributed by atoms with Crippen LogP contribution in [-0.4, -0.2) is 31.3 Å². The van der Waals surface area contributed by atoms with E-state index in [0.717, 1.165) is 6.21 Å². The van der Waals surface area contributed by atoms with Crippen LogP contribution in [0.3, 0.4) is 0 Å². The van der Waals surface area contributed by atoms with Crippen LogP contribution in [0, 0.1) is 11.3 Å². The molecule has 0 fully saturated rings. The van der Waals surface area contributed by atoms with Crippen LogP contribution in [0.1, 0.15) is 13.8 Å². The lowest BCUT2D eigenvalue weighted by molar-refractivity contribution is -0.143. The number of para-hydroxylation sites is 1. The Morgan fingerprint density at radius 2 is 1.89 bits per heavy atom. The van der Waals surface area contributed by atoms with Gasteiger partial charge in [-0.15, -0.1) is 0 Å². The van der Waals surface area contributed by atoms with Gasteiger partial charge in [0.15, 0.2) is 5.92 Å². The molecule has 1 rings (SSSR count). The number of ether oxygens (including phenoxy) is 2. The van der Waals surface area contributed by atoms with Crippen molar-refractivity contribution in [1.29, 1.82) is 5.41 Å². The Hall–Kier alpha value is -2.17. The van der Waals surface area contributed by atoms with E-state index in [1.807, 2.05) is 18.2 Å². The highest BCUT2D eigenvalue weighted by Crippen LogP contribution is 2.14. The number of carbonyl (C=O) groups is 1. The van der Waals surface area contributed by atoms with Gasteiger partial charge in [0.1, 0.15) is 0 Å². The van der Waals surface area contributed by atoms with Crippen LogP contribution in [0.2, 0.25) is 0 Å². The number of carbonyl (C=O) groups excluding carboxylic acids is 1. The average Bonchev–Trinajstić information content (AvgIpc) is 2.41.